The van der Waals surface area contributed by atoms with Crippen molar-refractivity contribution in [2.45, 2.75) is 17.7 Å². The lowest BCUT2D eigenvalue weighted by atomic mass is 10.1. The monoisotopic (exact) mass is 422 g/mol. The summed E-state index contributed by atoms with van der Waals surface area (Å²) in [6.45, 7) is 1.97. The third-order valence-electron chi connectivity index (χ3n) is 3.62. The summed E-state index contributed by atoms with van der Waals surface area (Å²) in [6.07, 6.45) is 0.680. The number of anilines is 1. The van der Waals surface area contributed by atoms with E-state index in [4.69, 9.17) is 23.2 Å². The number of halogens is 2. The molecule has 26 heavy (non-hydrogen) atoms. The maximum atomic E-state index is 12.1. The Bertz CT molecular complexity index is 913. The standard InChI is InChI=1S/C19H16Cl2N2OS2/c1-12-17(10-13-9-14(20)7-8-16(13)21)26-19(22-12)25-11-18(24)23-15-5-3-2-4-6-15/h2-9H,10-11H2,1H3,(H,23,24). The van der Waals surface area contributed by atoms with Crippen LogP contribution >= 0.6 is 46.3 Å². The van der Waals surface area contributed by atoms with Crippen LogP contribution in [0.4, 0.5) is 5.69 Å². The molecule has 1 heterocycles. The predicted molar refractivity (Wildman–Crippen MR) is 112 cm³/mol. The predicted octanol–water partition coefficient (Wildman–Crippen LogP) is 6.08. The second kappa shape index (κ2) is 8.91. The maximum absolute atomic E-state index is 12.1. The SMILES string of the molecule is Cc1nc(SCC(=O)Nc2ccccc2)sc1Cc1cc(Cl)ccc1Cl. The number of carbonyl (C=O) groups excluding carboxylic acids is 1. The van der Waals surface area contributed by atoms with Crippen molar-refractivity contribution < 1.29 is 4.79 Å². The topological polar surface area (TPSA) is 42.0 Å². The van der Waals surface area contributed by atoms with E-state index in [1.54, 1.807) is 23.5 Å². The van der Waals surface area contributed by atoms with E-state index in [1.165, 1.54) is 11.8 Å². The number of para-hydroxylation sites is 1. The zero-order valence-corrected chi connectivity index (χ0v) is 17.1. The Hall–Kier alpha value is -1.53. The van der Waals surface area contributed by atoms with Gasteiger partial charge in [0, 0.05) is 27.0 Å². The second-order valence-electron chi connectivity index (χ2n) is 5.60. The van der Waals surface area contributed by atoms with Crippen molar-refractivity contribution in [2.24, 2.45) is 0 Å². The molecule has 0 saturated heterocycles. The smallest absolute Gasteiger partial charge is 0.234 e. The van der Waals surface area contributed by atoms with E-state index in [0.717, 1.165) is 26.2 Å². The number of nitrogens with one attached hydrogen (secondary N) is 1. The van der Waals surface area contributed by atoms with Crippen LogP contribution in [0.3, 0.4) is 0 Å². The zero-order valence-electron chi connectivity index (χ0n) is 14.0. The Labute approximate surface area is 170 Å². The molecule has 0 spiro atoms. The normalized spacial score (nSPS) is 10.7. The molecule has 1 aromatic heterocycles. The molecule has 0 unspecified atom stereocenters. The van der Waals surface area contributed by atoms with E-state index in [-0.39, 0.29) is 5.91 Å². The maximum Gasteiger partial charge on any atom is 0.234 e. The van der Waals surface area contributed by atoms with Gasteiger partial charge in [-0.3, -0.25) is 4.79 Å². The number of carbonyl (C=O) groups is 1. The largest absolute Gasteiger partial charge is 0.325 e. The fourth-order valence-corrected chi connectivity index (χ4v) is 4.76. The first kappa shape index (κ1) is 19.2. The number of thioether (sulfide) groups is 1. The van der Waals surface area contributed by atoms with Crippen LogP contribution in [0.1, 0.15) is 16.1 Å². The van der Waals surface area contributed by atoms with Gasteiger partial charge in [-0.2, -0.15) is 0 Å². The highest BCUT2D eigenvalue weighted by atomic mass is 35.5. The van der Waals surface area contributed by atoms with Crippen LogP contribution in [0, 0.1) is 6.92 Å². The van der Waals surface area contributed by atoms with Crippen molar-refractivity contribution in [3.63, 3.8) is 0 Å². The molecule has 0 aliphatic rings. The van der Waals surface area contributed by atoms with Crippen molar-refractivity contribution in [1.29, 1.82) is 0 Å². The van der Waals surface area contributed by atoms with E-state index in [9.17, 15) is 4.79 Å². The number of hydrogen-bond donors (Lipinski definition) is 1. The van der Waals surface area contributed by atoms with Crippen molar-refractivity contribution in [2.75, 3.05) is 11.1 Å². The summed E-state index contributed by atoms with van der Waals surface area (Å²) in [5.41, 5.74) is 2.73. The molecule has 3 aromatic rings. The lowest BCUT2D eigenvalue weighted by Gasteiger charge is -2.04. The Morgan fingerprint density at radius 2 is 1.96 bits per heavy atom. The highest BCUT2D eigenvalue weighted by Crippen LogP contribution is 2.31. The van der Waals surface area contributed by atoms with E-state index >= 15 is 0 Å². The lowest BCUT2D eigenvalue weighted by molar-refractivity contribution is -0.113. The Morgan fingerprint density at radius 3 is 2.73 bits per heavy atom. The van der Waals surface area contributed by atoms with Crippen LogP contribution < -0.4 is 5.32 Å². The Balaban J connectivity index is 1.61. The van der Waals surface area contributed by atoms with Gasteiger partial charge in [0.15, 0.2) is 4.34 Å². The fraction of sp³-hybridized carbons (Fsp3) is 0.158. The van der Waals surface area contributed by atoms with E-state index in [2.05, 4.69) is 10.3 Å². The van der Waals surface area contributed by atoms with Crippen molar-refractivity contribution >= 4 is 57.9 Å². The number of hydrogen-bond acceptors (Lipinski definition) is 4. The first-order chi connectivity index (χ1) is 12.5. The third kappa shape index (κ3) is 5.24. The van der Waals surface area contributed by atoms with Crippen LogP contribution in [0.25, 0.3) is 0 Å². The molecular formula is C19H16Cl2N2OS2. The van der Waals surface area contributed by atoms with Crippen LogP contribution in [-0.4, -0.2) is 16.6 Å². The van der Waals surface area contributed by atoms with Gasteiger partial charge in [0.1, 0.15) is 0 Å². The molecule has 0 aliphatic carbocycles. The summed E-state index contributed by atoms with van der Waals surface area (Å²) in [5, 5.41) is 4.23. The Morgan fingerprint density at radius 1 is 1.19 bits per heavy atom. The summed E-state index contributed by atoms with van der Waals surface area (Å²) in [4.78, 5) is 17.8. The number of amides is 1. The molecule has 7 heteroatoms. The van der Waals surface area contributed by atoms with Gasteiger partial charge in [-0.25, -0.2) is 4.98 Å². The molecule has 2 aromatic carbocycles. The van der Waals surface area contributed by atoms with Crippen molar-refractivity contribution in [3.05, 3.63) is 74.7 Å². The number of thiazole rings is 1. The molecule has 1 amide bonds. The molecule has 134 valence electrons. The molecule has 0 saturated carbocycles. The summed E-state index contributed by atoms with van der Waals surface area (Å²) in [5.74, 6) is 0.271. The molecule has 0 aliphatic heterocycles. The quantitative estimate of drug-likeness (QED) is 0.489. The van der Waals surface area contributed by atoms with Gasteiger partial charge < -0.3 is 5.32 Å². The van der Waals surface area contributed by atoms with Crippen LogP contribution in [0.2, 0.25) is 10.0 Å². The molecular weight excluding hydrogens is 407 g/mol. The van der Waals surface area contributed by atoms with Crippen molar-refractivity contribution in [1.82, 2.24) is 4.98 Å². The van der Waals surface area contributed by atoms with Gasteiger partial charge in [-0.05, 0) is 42.8 Å². The van der Waals surface area contributed by atoms with Gasteiger partial charge >= 0.3 is 0 Å². The summed E-state index contributed by atoms with van der Waals surface area (Å²) < 4.78 is 0.874. The molecule has 0 radical (unpaired) electrons. The zero-order chi connectivity index (χ0) is 18.5. The number of benzene rings is 2. The summed E-state index contributed by atoms with van der Waals surface area (Å²) in [6, 6.07) is 14.9. The fourth-order valence-electron chi connectivity index (χ4n) is 2.32. The van der Waals surface area contributed by atoms with Crippen LogP contribution in [0.5, 0.6) is 0 Å². The number of aromatic nitrogens is 1. The lowest BCUT2D eigenvalue weighted by Crippen LogP contribution is -2.13. The van der Waals surface area contributed by atoms with Gasteiger partial charge in [0.05, 0.1) is 11.4 Å². The first-order valence-corrected chi connectivity index (χ1v) is 10.4. The number of rotatable bonds is 6. The van der Waals surface area contributed by atoms with E-state index in [1.807, 2.05) is 43.3 Å². The Kier molecular flexibility index (Phi) is 6.59. The number of aryl methyl sites for hydroxylation is 1. The van der Waals surface area contributed by atoms with Gasteiger partial charge in [0.25, 0.3) is 0 Å². The van der Waals surface area contributed by atoms with Gasteiger partial charge in [-0.1, -0.05) is 53.2 Å². The molecule has 3 nitrogen and oxygen atoms in total. The minimum Gasteiger partial charge on any atom is -0.325 e. The summed E-state index contributed by atoms with van der Waals surface area (Å²) in [7, 11) is 0. The molecule has 0 atom stereocenters. The highest BCUT2D eigenvalue weighted by Gasteiger charge is 2.12. The van der Waals surface area contributed by atoms with E-state index < -0.39 is 0 Å². The van der Waals surface area contributed by atoms with Gasteiger partial charge in [-0.15, -0.1) is 11.3 Å². The summed E-state index contributed by atoms with van der Waals surface area (Å²) >= 11 is 15.3. The number of nitrogens with zero attached hydrogens (tertiary/aromatic N) is 1. The average Bonchev–Trinajstić information content (AvgIpc) is 2.97. The molecule has 1 N–H and O–H groups in total. The average molecular weight is 423 g/mol. The molecule has 0 bridgehead atoms. The van der Waals surface area contributed by atoms with Crippen LogP contribution in [-0.2, 0) is 11.2 Å². The minimum atomic E-state index is -0.0477. The minimum absolute atomic E-state index is 0.0477. The van der Waals surface area contributed by atoms with Gasteiger partial charge in [0.2, 0.25) is 5.91 Å². The van der Waals surface area contributed by atoms with Crippen molar-refractivity contribution in [3.8, 4) is 0 Å². The molecule has 0 fully saturated rings. The second-order valence-corrected chi connectivity index (χ2v) is 8.75. The van der Waals surface area contributed by atoms with E-state index in [0.29, 0.717) is 22.2 Å². The molecule has 3 rings (SSSR count). The first-order valence-electron chi connectivity index (χ1n) is 7.89. The van der Waals surface area contributed by atoms with Crippen LogP contribution in [0.15, 0.2) is 52.9 Å². The third-order valence-corrected chi connectivity index (χ3v) is 6.52. The highest BCUT2D eigenvalue weighted by molar-refractivity contribution is 8.01.